The number of aliphatic imine (C=N–C) groups is 1. The second-order valence-electron chi connectivity index (χ2n) is 6.53. The Labute approximate surface area is 161 Å². The largest absolute Gasteiger partial charge is 0.379 e. The molecule has 0 spiro atoms. The lowest BCUT2D eigenvalue weighted by Gasteiger charge is -2.12. The van der Waals surface area contributed by atoms with Crippen LogP contribution in [0.4, 0.5) is 5.69 Å². The van der Waals surface area contributed by atoms with Gasteiger partial charge in [-0.1, -0.05) is 12.1 Å². The monoisotopic (exact) mass is 376 g/mol. The first-order chi connectivity index (χ1) is 13.2. The van der Waals surface area contributed by atoms with Gasteiger partial charge in [0, 0.05) is 45.5 Å². The molecule has 1 atom stereocenters. The number of guanidine groups is 1. The lowest BCUT2D eigenvalue weighted by molar-refractivity contribution is -0.114. The fraction of sp³-hybridized carbons (Fsp3) is 0.600. The van der Waals surface area contributed by atoms with E-state index in [1.807, 2.05) is 24.3 Å². The zero-order chi connectivity index (χ0) is 19.3. The molecule has 1 aliphatic heterocycles. The van der Waals surface area contributed by atoms with Crippen LogP contribution in [0.15, 0.2) is 29.3 Å². The minimum Gasteiger partial charge on any atom is -0.379 e. The molecule has 1 saturated heterocycles. The predicted molar refractivity (Wildman–Crippen MR) is 108 cm³/mol. The van der Waals surface area contributed by atoms with E-state index in [-0.39, 0.29) is 12.0 Å². The first kappa shape index (κ1) is 21.2. The summed E-state index contributed by atoms with van der Waals surface area (Å²) in [5, 5.41) is 9.39. The van der Waals surface area contributed by atoms with E-state index in [1.165, 1.54) is 12.5 Å². The van der Waals surface area contributed by atoms with Crippen LogP contribution in [0.25, 0.3) is 0 Å². The maximum atomic E-state index is 11.0. The molecule has 1 fully saturated rings. The third-order valence-corrected chi connectivity index (χ3v) is 4.14. The van der Waals surface area contributed by atoms with Crippen molar-refractivity contribution in [2.45, 2.75) is 39.2 Å². The molecule has 27 heavy (non-hydrogen) atoms. The van der Waals surface area contributed by atoms with Gasteiger partial charge in [0.15, 0.2) is 5.96 Å². The number of nitrogens with one attached hydrogen (secondary N) is 3. The Kier molecular flexibility index (Phi) is 9.65. The van der Waals surface area contributed by atoms with Crippen molar-refractivity contribution in [1.82, 2.24) is 10.6 Å². The van der Waals surface area contributed by atoms with Gasteiger partial charge in [-0.15, -0.1) is 0 Å². The fourth-order valence-corrected chi connectivity index (χ4v) is 2.77. The van der Waals surface area contributed by atoms with Gasteiger partial charge < -0.3 is 25.4 Å². The van der Waals surface area contributed by atoms with E-state index in [9.17, 15) is 4.79 Å². The van der Waals surface area contributed by atoms with Gasteiger partial charge in [-0.3, -0.25) is 9.79 Å². The van der Waals surface area contributed by atoms with Crippen LogP contribution in [0.2, 0.25) is 0 Å². The molecule has 3 N–H and O–H groups in total. The molecule has 0 aliphatic carbocycles. The number of nitrogens with zero attached hydrogens (tertiary/aromatic N) is 1. The average molecular weight is 377 g/mol. The first-order valence-electron chi connectivity index (χ1n) is 9.75. The van der Waals surface area contributed by atoms with E-state index < -0.39 is 0 Å². The molecule has 1 aliphatic rings. The summed E-state index contributed by atoms with van der Waals surface area (Å²) < 4.78 is 11.1. The minimum atomic E-state index is -0.0575. The van der Waals surface area contributed by atoms with Crippen molar-refractivity contribution in [3.8, 4) is 0 Å². The number of carbonyl (C=O) groups excluding carboxylic acids is 1. The van der Waals surface area contributed by atoms with Crippen molar-refractivity contribution in [3.63, 3.8) is 0 Å². The Hall–Kier alpha value is -2.12. The van der Waals surface area contributed by atoms with E-state index in [0.717, 1.165) is 70.4 Å². The maximum Gasteiger partial charge on any atom is 0.221 e. The minimum absolute atomic E-state index is 0.0575. The number of rotatable bonds is 10. The Morgan fingerprint density at radius 3 is 2.78 bits per heavy atom. The molecule has 1 aromatic carbocycles. The van der Waals surface area contributed by atoms with Gasteiger partial charge in [-0.2, -0.15) is 0 Å². The number of amides is 1. The van der Waals surface area contributed by atoms with Crippen molar-refractivity contribution in [1.29, 1.82) is 0 Å². The lowest BCUT2D eigenvalue weighted by atomic mass is 10.1. The highest BCUT2D eigenvalue weighted by atomic mass is 16.5. The summed E-state index contributed by atoms with van der Waals surface area (Å²) >= 11 is 0. The van der Waals surface area contributed by atoms with Crippen molar-refractivity contribution >= 4 is 17.6 Å². The number of benzene rings is 1. The van der Waals surface area contributed by atoms with Crippen LogP contribution in [-0.2, 0) is 20.7 Å². The second kappa shape index (κ2) is 12.3. The Morgan fingerprint density at radius 1 is 1.30 bits per heavy atom. The van der Waals surface area contributed by atoms with E-state index >= 15 is 0 Å². The number of ether oxygens (including phenoxy) is 2. The molecule has 1 amide bonds. The van der Waals surface area contributed by atoms with E-state index in [4.69, 9.17) is 9.47 Å². The molecular weight excluding hydrogens is 344 g/mol. The average Bonchev–Trinajstić information content (AvgIpc) is 3.16. The van der Waals surface area contributed by atoms with Crippen molar-refractivity contribution < 1.29 is 14.3 Å². The van der Waals surface area contributed by atoms with Gasteiger partial charge in [-0.05, 0) is 43.9 Å². The van der Waals surface area contributed by atoms with Crippen LogP contribution in [0.1, 0.15) is 32.3 Å². The summed E-state index contributed by atoms with van der Waals surface area (Å²) in [6.45, 7) is 8.17. The van der Waals surface area contributed by atoms with Gasteiger partial charge >= 0.3 is 0 Å². The van der Waals surface area contributed by atoms with Gasteiger partial charge in [0.2, 0.25) is 5.91 Å². The number of anilines is 1. The SMILES string of the molecule is CCNC(=NCCCOC1CCOC1)NCCc1ccc(NC(C)=O)cc1. The molecule has 0 aromatic heterocycles. The number of hydrogen-bond donors (Lipinski definition) is 3. The molecule has 150 valence electrons. The van der Waals surface area contributed by atoms with Crippen molar-refractivity contribution in [2.24, 2.45) is 4.99 Å². The van der Waals surface area contributed by atoms with Crippen LogP contribution in [-0.4, -0.2) is 57.4 Å². The Bertz CT molecular complexity index is 583. The van der Waals surface area contributed by atoms with Crippen molar-refractivity contribution in [3.05, 3.63) is 29.8 Å². The number of carbonyl (C=O) groups is 1. The fourth-order valence-electron chi connectivity index (χ4n) is 2.77. The van der Waals surface area contributed by atoms with Gasteiger partial charge in [0.25, 0.3) is 0 Å². The molecule has 7 heteroatoms. The molecule has 2 rings (SSSR count). The summed E-state index contributed by atoms with van der Waals surface area (Å²) in [6.07, 6.45) is 3.05. The topological polar surface area (TPSA) is 84.0 Å². The molecule has 7 nitrogen and oxygen atoms in total. The summed E-state index contributed by atoms with van der Waals surface area (Å²) in [5.74, 6) is 0.773. The number of hydrogen-bond acceptors (Lipinski definition) is 4. The summed E-state index contributed by atoms with van der Waals surface area (Å²) in [4.78, 5) is 15.6. The van der Waals surface area contributed by atoms with E-state index in [2.05, 4.69) is 27.9 Å². The van der Waals surface area contributed by atoms with Crippen LogP contribution >= 0.6 is 0 Å². The van der Waals surface area contributed by atoms with Gasteiger partial charge in [0.1, 0.15) is 0 Å². The third kappa shape index (κ3) is 8.88. The third-order valence-electron chi connectivity index (χ3n) is 4.14. The van der Waals surface area contributed by atoms with E-state index in [1.54, 1.807) is 0 Å². The van der Waals surface area contributed by atoms with E-state index in [0.29, 0.717) is 0 Å². The maximum absolute atomic E-state index is 11.0. The van der Waals surface area contributed by atoms with Crippen LogP contribution in [0, 0.1) is 0 Å². The quantitative estimate of drug-likeness (QED) is 0.330. The summed E-state index contributed by atoms with van der Waals surface area (Å²) in [7, 11) is 0. The highest BCUT2D eigenvalue weighted by Gasteiger charge is 2.15. The van der Waals surface area contributed by atoms with Crippen molar-refractivity contribution in [2.75, 3.05) is 44.8 Å². The van der Waals surface area contributed by atoms with Gasteiger partial charge in [-0.25, -0.2) is 0 Å². The van der Waals surface area contributed by atoms with Gasteiger partial charge in [0.05, 0.1) is 12.7 Å². The van der Waals surface area contributed by atoms with Crippen LogP contribution in [0.3, 0.4) is 0 Å². The standard InChI is InChI=1S/C20H32N4O3/c1-3-21-20(22-11-4-13-27-19-10-14-26-15-19)23-12-9-17-5-7-18(8-6-17)24-16(2)25/h5-8,19H,3-4,9-15H2,1-2H3,(H,24,25)(H2,21,22,23). The lowest BCUT2D eigenvalue weighted by Crippen LogP contribution is -2.38. The highest BCUT2D eigenvalue weighted by Crippen LogP contribution is 2.10. The summed E-state index contributed by atoms with van der Waals surface area (Å²) in [5.41, 5.74) is 2.03. The normalized spacial score (nSPS) is 17.0. The molecular formula is C20H32N4O3. The molecule has 0 bridgehead atoms. The van der Waals surface area contributed by atoms with Crippen LogP contribution < -0.4 is 16.0 Å². The smallest absolute Gasteiger partial charge is 0.221 e. The molecule has 0 saturated carbocycles. The zero-order valence-corrected chi connectivity index (χ0v) is 16.4. The second-order valence-corrected chi connectivity index (χ2v) is 6.53. The van der Waals surface area contributed by atoms with Crippen LogP contribution in [0.5, 0.6) is 0 Å². The molecule has 1 aromatic rings. The highest BCUT2D eigenvalue weighted by molar-refractivity contribution is 5.88. The molecule has 0 radical (unpaired) electrons. The Balaban J connectivity index is 1.65. The molecule has 1 unspecified atom stereocenters. The predicted octanol–water partition coefficient (Wildman–Crippen LogP) is 1.94. The summed E-state index contributed by atoms with van der Waals surface area (Å²) in [6, 6.07) is 7.90. The zero-order valence-electron chi connectivity index (χ0n) is 16.4. The first-order valence-corrected chi connectivity index (χ1v) is 9.75. The molecule has 1 heterocycles. The Morgan fingerprint density at radius 2 is 2.11 bits per heavy atom.